The van der Waals surface area contributed by atoms with E-state index < -0.39 is 5.97 Å². The Morgan fingerprint density at radius 3 is 3.00 bits per heavy atom. The van der Waals surface area contributed by atoms with Crippen LogP contribution in [0.4, 0.5) is 0 Å². The highest BCUT2D eigenvalue weighted by molar-refractivity contribution is 8.00. The molecular weight excluding hydrogens is 224 g/mol. The second kappa shape index (κ2) is 4.37. The van der Waals surface area contributed by atoms with Crippen LogP contribution in [-0.4, -0.2) is 21.4 Å². The molecule has 2 atom stereocenters. The van der Waals surface area contributed by atoms with E-state index >= 15 is 0 Å². The van der Waals surface area contributed by atoms with Crippen LogP contribution in [0.1, 0.15) is 18.9 Å². The third-order valence-corrected chi connectivity index (χ3v) is 4.20. The molecule has 1 aromatic rings. The molecule has 1 aliphatic rings. The number of carboxylic acid groups (broad SMARTS) is 1. The average Bonchev–Trinajstić information content (AvgIpc) is 2.61. The highest BCUT2D eigenvalue weighted by Gasteiger charge is 2.27. The van der Waals surface area contributed by atoms with Gasteiger partial charge in [-0.3, -0.25) is 4.79 Å². The molecule has 2 rings (SSSR count). The number of fused-ring (bicyclic) bond motifs is 1. The van der Waals surface area contributed by atoms with Crippen molar-refractivity contribution in [3.63, 3.8) is 0 Å². The normalized spacial score (nSPS) is 20.4. The van der Waals surface area contributed by atoms with Crippen molar-refractivity contribution in [1.29, 1.82) is 0 Å². The lowest BCUT2D eigenvalue weighted by atomic mass is 10.0. The Labute approximate surface area is 98.5 Å². The summed E-state index contributed by atoms with van der Waals surface area (Å²) in [6.45, 7) is 1.73. The molecule has 1 heterocycles. The third-order valence-electron chi connectivity index (χ3n) is 2.87. The van der Waals surface area contributed by atoms with Gasteiger partial charge in [0.05, 0.1) is 5.92 Å². The molecule has 0 amide bonds. The van der Waals surface area contributed by atoms with Crippen LogP contribution in [-0.2, 0) is 11.2 Å². The van der Waals surface area contributed by atoms with Crippen LogP contribution < -0.4 is 0 Å². The highest BCUT2D eigenvalue weighted by Crippen LogP contribution is 2.43. The number of phenols is 1. The lowest BCUT2D eigenvalue weighted by Crippen LogP contribution is -2.15. The third kappa shape index (κ3) is 2.16. The number of rotatable bonds is 3. The maximum Gasteiger partial charge on any atom is 0.306 e. The first-order valence-electron chi connectivity index (χ1n) is 5.28. The summed E-state index contributed by atoms with van der Waals surface area (Å²) in [6.07, 6.45) is 1.42. The zero-order chi connectivity index (χ0) is 11.7. The fourth-order valence-electron chi connectivity index (χ4n) is 1.95. The molecule has 1 aliphatic heterocycles. The van der Waals surface area contributed by atoms with Gasteiger partial charge >= 0.3 is 5.97 Å². The first kappa shape index (κ1) is 11.3. The molecule has 0 saturated heterocycles. The standard InChI is InChI=1S/C12H14O3S/c1-7(12(14)15)5-8-6-9-10(13)3-2-4-11(9)16-8/h2-4,7-8,13H,5-6H2,1H3,(H,14,15). The molecule has 2 N–H and O–H groups in total. The van der Waals surface area contributed by atoms with Gasteiger partial charge in [0.25, 0.3) is 0 Å². The van der Waals surface area contributed by atoms with Crippen LogP contribution in [0.5, 0.6) is 5.75 Å². The first-order valence-corrected chi connectivity index (χ1v) is 6.16. The molecule has 3 nitrogen and oxygen atoms in total. The minimum Gasteiger partial charge on any atom is -0.508 e. The minimum atomic E-state index is -0.749. The Morgan fingerprint density at radius 2 is 2.38 bits per heavy atom. The highest BCUT2D eigenvalue weighted by atomic mass is 32.2. The molecule has 0 radical (unpaired) electrons. The van der Waals surface area contributed by atoms with Crippen molar-refractivity contribution >= 4 is 17.7 Å². The number of carbonyl (C=O) groups is 1. The van der Waals surface area contributed by atoms with Crippen LogP contribution in [0.15, 0.2) is 23.1 Å². The van der Waals surface area contributed by atoms with Crippen molar-refractivity contribution in [3.8, 4) is 5.75 Å². The van der Waals surface area contributed by atoms with Gasteiger partial charge in [-0.25, -0.2) is 0 Å². The Kier molecular flexibility index (Phi) is 3.10. The van der Waals surface area contributed by atoms with E-state index in [0.717, 1.165) is 16.9 Å². The van der Waals surface area contributed by atoms with Gasteiger partial charge in [-0.05, 0) is 25.0 Å². The SMILES string of the molecule is CC(CC1Cc2c(O)cccc2S1)C(=O)O. The summed E-state index contributed by atoms with van der Waals surface area (Å²) < 4.78 is 0. The molecule has 1 aromatic carbocycles. The second-order valence-electron chi connectivity index (χ2n) is 4.17. The number of thioether (sulfide) groups is 1. The quantitative estimate of drug-likeness (QED) is 0.849. The van der Waals surface area contributed by atoms with Crippen LogP contribution in [0.2, 0.25) is 0 Å². The summed E-state index contributed by atoms with van der Waals surface area (Å²) in [4.78, 5) is 11.9. The molecule has 2 unspecified atom stereocenters. The Morgan fingerprint density at radius 1 is 1.62 bits per heavy atom. The maximum atomic E-state index is 10.8. The van der Waals surface area contributed by atoms with Gasteiger partial charge in [-0.15, -0.1) is 11.8 Å². The summed E-state index contributed by atoms with van der Waals surface area (Å²) >= 11 is 1.67. The van der Waals surface area contributed by atoms with E-state index in [1.54, 1.807) is 24.8 Å². The zero-order valence-electron chi connectivity index (χ0n) is 9.01. The van der Waals surface area contributed by atoms with Crippen LogP contribution in [0.3, 0.4) is 0 Å². The number of hydrogen-bond donors (Lipinski definition) is 2. The average molecular weight is 238 g/mol. The van der Waals surface area contributed by atoms with Gasteiger partial charge in [0.15, 0.2) is 0 Å². The predicted octanol–water partition coefficient (Wildman–Crippen LogP) is 2.52. The van der Waals surface area contributed by atoms with Crippen molar-refractivity contribution in [2.75, 3.05) is 0 Å². The molecule has 0 saturated carbocycles. The smallest absolute Gasteiger partial charge is 0.306 e. The van der Waals surface area contributed by atoms with Crippen molar-refractivity contribution in [2.45, 2.75) is 29.9 Å². The summed E-state index contributed by atoms with van der Waals surface area (Å²) in [5, 5.41) is 18.8. The van der Waals surface area contributed by atoms with E-state index in [9.17, 15) is 9.90 Å². The zero-order valence-corrected chi connectivity index (χ0v) is 9.83. The molecule has 0 spiro atoms. The second-order valence-corrected chi connectivity index (χ2v) is 5.51. The van der Waals surface area contributed by atoms with Crippen LogP contribution >= 0.6 is 11.8 Å². The number of aromatic hydroxyl groups is 1. The molecule has 16 heavy (non-hydrogen) atoms. The summed E-state index contributed by atoms with van der Waals surface area (Å²) in [7, 11) is 0. The lowest BCUT2D eigenvalue weighted by Gasteiger charge is -2.11. The van der Waals surface area contributed by atoms with Crippen molar-refractivity contribution in [3.05, 3.63) is 23.8 Å². The van der Waals surface area contributed by atoms with Crippen molar-refractivity contribution in [2.24, 2.45) is 5.92 Å². The number of aliphatic carboxylic acids is 1. The van der Waals surface area contributed by atoms with E-state index in [1.165, 1.54) is 0 Å². The van der Waals surface area contributed by atoms with Crippen molar-refractivity contribution < 1.29 is 15.0 Å². The van der Waals surface area contributed by atoms with E-state index in [0.29, 0.717) is 12.2 Å². The maximum absolute atomic E-state index is 10.8. The Hall–Kier alpha value is -1.16. The Balaban J connectivity index is 2.06. The summed E-state index contributed by atoms with van der Waals surface area (Å²) in [5.41, 5.74) is 0.968. The van der Waals surface area contributed by atoms with Crippen LogP contribution in [0.25, 0.3) is 0 Å². The number of phenolic OH excluding ortho intramolecular Hbond substituents is 1. The van der Waals surface area contributed by atoms with Crippen molar-refractivity contribution in [1.82, 2.24) is 0 Å². The number of carboxylic acids is 1. The summed E-state index contributed by atoms with van der Waals surface area (Å²) in [5.74, 6) is -0.745. The van der Waals surface area contributed by atoms with Gasteiger partial charge in [0.2, 0.25) is 0 Å². The monoisotopic (exact) mass is 238 g/mol. The molecule has 0 fully saturated rings. The summed E-state index contributed by atoms with van der Waals surface area (Å²) in [6, 6.07) is 5.48. The fraction of sp³-hybridized carbons (Fsp3) is 0.417. The molecule has 4 heteroatoms. The minimum absolute atomic E-state index is 0.273. The van der Waals surface area contributed by atoms with Gasteiger partial charge in [-0.2, -0.15) is 0 Å². The molecule has 0 aliphatic carbocycles. The molecule has 0 aromatic heterocycles. The van der Waals surface area contributed by atoms with E-state index in [-0.39, 0.29) is 11.2 Å². The van der Waals surface area contributed by atoms with E-state index in [1.807, 2.05) is 12.1 Å². The van der Waals surface area contributed by atoms with Gasteiger partial charge in [-0.1, -0.05) is 13.0 Å². The number of benzene rings is 1. The molecule has 0 bridgehead atoms. The topological polar surface area (TPSA) is 57.5 Å². The molecular formula is C12H14O3S. The van der Waals surface area contributed by atoms with Gasteiger partial charge in [0, 0.05) is 15.7 Å². The predicted molar refractivity (Wildman–Crippen MR) is 62.9 cm³/mol. The fourth-order valence-corrected chi connectivity index (χ4v) is 3.43. The lowest BCUT2D eigenvalue weighted by molar-refractivity contribution is -0.141. The Bertz CT molecular complexity index is 417. The van der Waals surface area contributed by atoms with Crippen LogP contribution in [0, 0.1) is 5.92 Å². The first-order chi connectivity index (χ1) is 7.58. The molecule has 86 valence electrons. The van der Waals surface area contributed by atoms with Gasteiger partial charge in [0.1, 0.15) is 5.75 Å². The number of hydrogen-bond acceptors (Lipinski definition) is 3. The largest absolute Gasteiger partial charge is 0.508 e. The van der Waals surface area contributed by atoms with E-state index in [2.05, 4.69) is 0 Å². The van der Waals surface area contributed by atoms with E-state index in [4.69, 9.17) is 5.11 Å². The van der Waals surface area contributed by atoms with Gasteiger partial charge < -0.3 is 10.2 Å².